The number of hydrogen-bond acceptors (Lipinski definition) is 2. The number of para-hydroxylation sites is 1. The average molecular weight is 350 g/mol. The predicted molar refractivity (Wildman–Crippen MR) is 99.0 cm³/mol. The minimum Gasteiger partial charge on any atom is -0.478 e. The Hall–Kier alpha value is -2.78. The average Bonchev–Trinajstić information content (AvgIpc) is 2.66. The summed E-state index contributed by atoms with van der Waals surface area (Å²) in [6, 6.07) is 26.5. The van der Waals surface area contributed by atoms with Crippen molar-refractivity contribution in [1.29, 1.82) is 0 Å². The van der Waals surface area contributed by atoms with Crippen LogP contribution >= 0.6 is 11.6 Å². The molecule has 0 aromatic heterocycles. The second kappa shape index (κ2) is 6.61. The van der Waals surface area contributed by atoms with E-state index in [0.717, 1.165) is 11.3 Å². The van der Waals surface area contributed by atoms with E-state index < -0.39 is 6.10 Å². The van der Waals surface area contributed by atoms with Crippen LogP contribution in [0.1, 0.15) is 11.6 Å². The van der Waals surface area contributed by atoms with Gasteiger partial charge in [-0.3, -0.25) is 9.69 Å². The fourth-order valence-corrected chi connectivity index (χ4v) is 3.21. The molecule has 1 unspecified atom stereocenters. The van der Waals surface area contributed by atoms with Crippen molar-refractivity contribution in [1.82, 2.24) is 0 Å². The predicted octanol–water partition coefficient (Wildman–Crippen LogP) is 4.88. The van der Waals surface area contributed by atoms with Crippen molar-refractivity contribution in [3.63, 3.8) is 0 Å². The normalized spacial score (nSPS) is 19.4. The first-order valence-corrected chi connectivity index (χ1v) is 8.47. The van der Waals surface area contributed by atoms with Crippen molar-refractivity contribution in [2.24, 2.45) is 0 Å². The van der Waals surface area contributed by atoms with E-state index in [2.05, 4.69) is 0 Å². The van der Waals surface area contributed by atoms with E-state index in [1.165, 1.54) is 0 Å². The largest absolute Gasteiger partial charge is 0.478 e. The van der Waals surface area contributed by atoms with Gasteiger partial charge in [0.25, 0.3) is 5.91 Å². The number of anilines is 1. The molecule has 1 aliphatic heterocycles. The zero-order valence-electron chi connectivity index (χ0n) is 13.4. The van der Waals surface area contributed by atoms with Crippen molar-refractivity contribution < 1.29 is 9.53 Å². The number of benzene rings is 3. The Balaban J connectivity index is 1.68. The van der Waals surface area contributed by atoms with Gasteiger partial charge in [0.1, 0.15) is 11.8 Å². The Bertz CT molecular complexity index is 865. The second-order valence-corrected chi connectivity index (χ2v) is 6.33. The topological polar surface area (TPSA) is 29.5 Å². The summed E-state index contributed by atoms with van der Waals surface area (Å²) in [6.07, 6.45) is -0.541. The summed E-state index contributed by atoms with van der Waals surface area (Å²) in [6.45, 7) is 0. The van der Waals surface area contributed by atoms with Crippen LogP contribution < -0.4 is 9.64 Å². The molecule has 3 aromatic carbocycles. The molecular weight excluding hydrogens is 334 g/mol. The maximum absolute atomic E-state index is 12.8. The molecule has 4 heteroatoms. The maximum Gasteiger partial charge on any atom is 0.271 e. The molecule has 0 spiro atoms. The highest BCUT2D eigenvalue weighted by Crippen LogP contribution is 2.41. The van der Waals surface area contributed by atoms with Crippen LogP contribution in [0.3, 0.4) is 0 Å². The number of carbonyl (C=O) groups is 1. The first kappa shape index (κ1) is 15.7. The third kappa shape index (κ3) is 2.99. The van der Waals surface area contributed by atoms with Crippen molar-refractivity contribution in [3.05, 3.63) is 95.5 Å². The molecule has 1 amide bonds. The van der Waals surface area contributed by atoms with Crippen LogP contribution in [0.2, 0.25) is 5.02 Å². The molecule has 0 saturated carbocycles. The molecule has 124 valence electrons. The second-order valence-electron chi connectivity index (χ2n) is 5.89. The van der Waals surface area contributed by atoms with E-state index >= 15 is 0 Å². The molecule has 1 heterocycles. The number of halogens is 1. The number of ether oxygens (including phenoxy) is 1. The van der Waals surface area contributed by atoms with E-state index in [9.17, 15) is 4.79 Å². The highest BCUT2D eigenvalue weighted by Gasteiger charge is 2.50. The van der Waals surface area contributed by atoms with E-state index in [1.807, 2.05) is 72.8 Å². The Morgan fingerprint density at radius 2 is 1.40 bits per heavy atom. The van der Waals surface area contributed by atoms with Crippen LogP contribution in [0.15, 0.2) is 84.9 Å². The SMILES string of the molecule is O=C1[C@H](Oc2ccccc2)C(c2ccccc2)N1c1ccc(Cl)cc1. The minimum absolute atomic E-state index is 0.0555. The number of hydrogen-bond donors (Lipinski definition) is 0. The van der Waals surface area contributed by atoms with Gasteiger partial charge in [0.15, 0.2) is 0 Å². The van der Waals surface area contributed by atoms with Crippen LogP contribution in [0.4, 0.5) is 5.69 Å². The fourth-order valence-electron chi connectivity index (χ4n) is 3.09. The highest BCUT2D eigenvalue weighted by atomic mass is 35.5. The van der Waals surface area contributed by atoms with Gasteiger partial charge in [-0.1, -0.05) is 60.1 Å². The van der Waals surface area contributed by atoms with Crippen molar-refractivity contribution >= 4 is 23.2 Å². The molecule has 0 radical (unpaired) electrons. The minimum atomic E-state index is -0.541. The zero-order valence-corrected chi connectivity index (χ0v) is 14.1. The van der Waals surface area contributed by atoms with Crippen LogP contribution in [0.25, 0.3) is 0 Å². The molecule has 1 saturated heterocycles. The van der Waals surface area contributed by atoms with Gasteiger partial charge >= 0.3 is 0 Å². The molecule has 0 aliphatic carbocycles. The molecule has 25 heavy (non-hydrogen) atoms. The van der Waals surface area contributed by atoms with Gasteiger partial charge in [-0.05, 0) is 42.0 Å². The van der Waals surface area contributed by atoms with Gasteiger partial charge in [-0.2, -0.15) is 0 Å². The van der Waals surface area contributed by atoms with E-state index in [1.54, 1.807) is 17.0 Å². The number of rotatable bonds is 4. The van der Waals surface area contributed by atoms with Crippen LogP contribution in [-0.2, 0) is 4.79 Å². The fraction of sp³-hybridized carbons (Fsp3) is 0.0952. The number of amides is 1. The Morgan fingerprint density at radius 3 is 2.04 bits per heavy atom. The summed E-state index contributed by atoms with van der Waals surface area (Å²) >= 11 is 5.98. The molecule has 3 aromatic rings. The Kier molecular flexibility index (Phi) is 4.16. The third-order valence-electron chi connectivity index (χ3n) is 4.30. The Labute approximate surface area is 151 Å². The lowest BCUT2D eigenvalue weighted by atomic mass is 9.89. The number of β-lactam (4-membered cyclic amide) rings is 1. The quantitative estimate of drug-likeness (QED) is 0.628. The summed E-state index contributed by atoms with van der Waals surface area (Å²) in [5.41, 5.74) is 1.86. The van der Waals surface area contributed by atoms with Crippen LogP contribution in [-0.4, -0.2) is 12.0 Å². The van der Waals surface area contributed by atoms with Gasteiger partial charge in [0, 0.05) is 10.7 Å². The summed E-state index contributed by atoms with van der Waals surface area (Å²) in [7, 11) is 0. The van der Waals surface area contributed by atoms with Gasteiger partial charge in [0.05, 0.1) is 0 Å². The van der Waals surface area contributed by atoms with E-state index in [0.29, 0.717) is 10.8 Å². The van der Waals surface area contributed by atoms with Crippen molar-refractivity contribution in [3.8, 4) is 5.75 Å². The molecule has 2 atom stereocenters. The highest BCUT2D eigenvalue weighted by molar-refractivity contribution is 6.30. The molecule has 4 rings (SSSR count). The Morgan fingerprint density at radius 1 is 0.800 bits per heavy atom. The number of carbonyl (C=O) groups excluding carboxylic acids is 1. The third-order valence-corrected chi connectivity index (χ3v) is 4.55. The van der Waals surface area contributed by atoms with Crippen molar-refractivity contribution in [2.75, 3.05) is 4.90 Å². The molecule has 0 bridgehead atoms. The lowest BCUT2D eigenvalue weighted by Crippen LogP contribution is -2.61. The molecule has 3 nitrogen and oxygen atoms in total. The van der Waals surface area contributed by atoms with Gasteiger partial charge in [0.2, 0.25) is 6.10 Å². The smallest absolute Gasteiger partial charge is 0.271 e. The monoisotopic (exact) mass is 349 g/mol. The summed E-state index contributed by atoms with van der Waals surface area (Å²) in [5.74, 6) is 0.637. The number of nitrogens with zero attached hydrogens (tertiary/aromatic N) is 1. The summed E-state index contributed by atoms with van der Waals surface area (Å²) in [4.78, 5) is 14.6. The molecule has 1 aliphatic rings. The lowest BCUT2D eigenvalue weighted by molar-refractivity contribution is -0.135. The van der Waals surface area contributed by atoms with Crippen LogP contribution in [0.5, 0.6) is 5.75 Å². The van der Waals surface area contributed by atoms with E-state index in [4.69, 9.17) is 16.3 Å². The maximum atomic E-state index is 12.8. The summed E-state index contributed by atoms with van der Waals surface area (Å²) < 4.78 is 5.99. The van der Waals surface area contributed by atoms with Gasteiger partial charge in [-0.15, -0.1) is 0 Å². The molecule has 1 fully saturated rings. The first-order chi connectivity index (χ1) is 12.2. The molecular formula is C21H16ClNO2. The summed E-state index contributed by atoms with van der Waals surface area (Å²) in [5, 5.41) is 0.644. The van der Waals surface area contributed by atoms with Gasteiger partial charge < -0.3 is 4.74 Å². The lowest BCUT2D eigenvalue weighted by Gasteiger charge is -2.46. The standard InChI is InChI=1S/C21H16ClNO2/c22-16-11-13-17(14-12-16)23-19(15-7-3-1-4-8-15)20(21(23)24)25-18-9-5-2-6-10-18/h1-14,19-20H/t19?,20-/m1/s1. The molecule has 0 N–H and O–H groups in total. The van der Waals surface area contributed by atoms with Gasteiger partial charge in [-0.25, -0.2) is 0 Å². The first-order valence-electron chi connectivity index (χ1n) is 8.09. The van der Waals surface area contributed by atoms with Crippen LogP contribution in [0, 0.1) is 0 Å². The van der Waals surface area contributed by atoms with Crippen molar-refractivity contribution in [2.45, 2.75) is 12.1 Å². The van der Waals surface area contributed by atoms with E-state index in [-0.39, 0.29) is 11.9 Å². The zero-order chi connectivity index (χ0) is 17.2.